The second kappa shape index (κ2) is 21.2. The Kier molecular flexibility index (Phi) is 18.2. The molecular weight excluding hydrogens is 722 g/mol. The lowest BCUT2D eigenvalue weighted by atomic mass is 9.94. The van der Waals surface area contributed by atoms with Gasteiger partial charge in [-0.2, -0.15) is 0 Å². The molecule has 3 aromatic carbocycles. The molecule has 276 valence electrons. The van der Waals surface area contributed by atoms with Crippen LogP contribution in [0.1, 0.15) is 103 Å². The highest BCUT2D eigenvalue weighted by atomic mass is 35.5. The van der Waals surface area contributed by atoms with Crippen molar-refractivity contribution in [1.29, 1.82) is 0 Å². The van der Waals surface area contributed by atoms with Gasteiger partial charge in [0, 0.05) is 32.6 Å². The third-order valence-electron chi connectivity index (χ3n) is 8.42. The van der Waals surface area contributed by atoms with Crippen molar-refractivity contribution in [2.24, 2.45) is 0 Å². The summed E-state index contributed by atoms with van der Waals surface area (Å²) >= 11 is 26.1. The molecule has 6 heteroatoms. The highest BCUT2D eigenvalue weighted by Crippen LogP contribution is 2.57. The average Bonchev–Trinajstić information content (AvgIpc) is 3.57. The summed E-state index contributed by atoms with van der Waals surface area (Å²) in [5.74, 6) is -0.383. The van der Waals surface area contributed by atoms with E-state index in [9.17, 15) is 0 Å². The first-order valence-electron chi connectivity index (χ1n) is 18.3. The molecule has 0 spiro atoms. The van der Waals surface area contributed by atoms with E-state index in [2.05, 4.69) is 69.0 Å². The predicted octanol–water partition coefficient (Wildman–Crippen LogP) is 15.1. The summed E-state index contributed by atoms with van der Waals surface area (Å²) < 4.78 is 2.07. The average molecular weight is 777 g/mol. The van der Waals surface area contributed by atoms with Gasteiger partial charge in [-0.25, -0.2) is 0 Å². The molecule has 0 N–H and O–H groups in total. The van der Waals surface area contributed by atoms with E-state index in [0.717, 1.165) is 49.3 Å². The zero-order chi connectivity index (χ0) is 39.3. The Morgan fingerprint density at radius 3 is 1.40 bits per heavy atom. The van der Waals surface area contributed by atoms with E-state index in [4.69, 9.17) is 51.4 Å². The Balaban J connectivity index is 0.000000764. The molecule has 2 nitrogen and oxygen atoms in total. The second-order valence-corrected chi connectivity index (χ2v) is 12.9. The molecule has 0 aliphatic heterocycles. The minimum atomic E-state index is -0.383. The van der Waals surface area contributed by atoms with Crippen molar-refractivity contribution < 1.29 is 0 Å². The van der Waals surface area contributed by atoms with Crippen LogP contribution < -0.4 is 10.7 Å². The molecule has 0 saturated carbocycles. The quantitative estimate of drug-likeness (QED) is 0.131. The molecule has 0 atom stereocenters. The first-order chi connectivity index (χ1) is 25.0. The van der Waals surface area contributed by atoms with Crippen LogP contribution in [-0.2, 0) is 0 Å². The molecule has 0 unspecified atom stereocenters. The molecule has 1 aliphatic carbocycles. The Labute approximate surface area is 332 Å². The normalized spacial score (nSPS) is 11.6. The van der Waals surface area contributed by atoms with Crippen LogP contribution in [0.15, 0.2) is 86.0 Å². The number of hydrogen-bond acceptors (Lipinski definition) is 1. The monoisotopic (exact) mass is 774 g/mol. The molecule has 0 amide bonds. The molecule has 52 heavy (non-hydrogen) atoms. The molecule has 0 radical (unpaired) electrons. The lowest BCUT2D eigenvalue weighted by Crippen LogP contribution is -2.24. The van der Waals surface area contributed by atoms with E-state index in [1.807, 2.05) is 97.0 Å². The lowest BCUT2D eigenvalue weighted by Gasteiger charge is -2.14. The van der Waals surface area contributed by atoms with E-state index in [0.29, 0.717) is 32.3 Å². The summed E-state index contributed by atoms with van der Waals surface area (Å²) in [4.78, 5) is 5.15. The maximum Gasteiger partial charge on any atom is 0.0800 e. The van der Waals surface area contributed by atoms with Gasteiger partial charge in [-0.05, 0) is 53.1 Å². The van der Waals surface area contributed by atoms with Crippen molar-refractivity contribution in [3.05, 3.63) is 139 Å². The zero-order valence-electron chi connectivity index (χ0n) is 32.4. The minimum Gasteiger partial charge on any atom is -0.309 e. The minimum absolute atomic E-state index is 0.194. The number of nitrogens with zero attached hydrogens (tertiary/aromatic N) is 2. The highest BCUT2D eigenvalue weighted by Gasteiger charge is 2.37. The van der Waals surface area contributed by atoms with E-state index < -0.39 is 0 Å². The molecular formula is C46H54Cl4N2. The van der Waals surface area contributed by atoms with Gasteiger partial charge < -0.3 is 4.57 Å². The number of aromatic nitrogens is 2. The summed E-state index contributed by atoms with van der Waals surface area (Å²) in [6.45, 7) is 36.0. The van der Waals surface area contributed by atoms with Gasteiger partial charge in [-0.1, -0.05) is 196 Å². The summed E-state index contributed by atoms with van der Waals surface area (Å²) in [5, 5.41) is 7.08. The van der Waals surface area contributed by atoms with Crippen LogP contribution >= 0.6 is 46.4 Å². The van der Waals surface area contributed by atoms with Gasteiger partial charge in [-0.15, -0.1) is 0 Å². The predicted molar refractivity (Wildman–Crippen MR) is 238 cm³/mol. The summed E-state index contributed by atoms with van der Waals surface area (Å²) in [7, 11) is 0. The fourth-order valence-corrected chi connectivity index (χ4v) is 7.19. The van der Waals surface area contributed by atoms with Crippen molar-refractivity contribution in [1.82, 2.24) is 9.55 Å². The molecule has 0 bridgehead atoms. The van der Waals surface area contributed by atoms with Crippen LogP contribution in [0.3, 0.4) is 0 Å². The van der Waals surface area contributed by atoms with Gasteiger partial charge in [0.1, 0.15) is 0 Å². The fourth-order valence-electron chi connectivity index (χ4n) is 6.09. The molecule has 5 aromatic rings. The van der Waals surface area contributed by atoms with Gasteiger partial charge in [0.25, 0.3) is 0 Å². The SMILES string of the molecule is C=C1c2c(Cl)c(Cl)c(Cl)c(Cl)c2C(=C)C1c1ccccccc(-n2c(=C)c3cc4ccccc4cc3c2=C)c(C)n1.CC.CC.CC.CCCCC. The van der Waals surface area contributed by atoms with Gasteiger partial charge in [0.15, 0.2) is 0 Å². The Morgan fingerprint density at radius 1 is 0.596 bits per heavy atom. The third kappa shape index (κ3) is 9.15. The van der Waals surface area contributed by atoms with E-state index in [1.54, 1.807) is 0 Å². The number of fused-ring (bicyclic) bond motifs is 3. The number of aryl methyl sites for hydroxylation is 1. The third-order valence-corrected chi connectivity index (χ3v) is 10.2. The molecule has 0 fully saturated rings. The summed E-state index contributed by atoms with van der Waals surface area (Å²) in [6, 6.07) is 24.4. The highest BCUT2D eigenvalue weighted by molar-refractivity contribution is 6.53. The summed E-state index contributed by atoms with van der Waals surface area (Å²) in [6.07, 6.45) is 4.08. The van der Waals surface area contributed by atoms with E-state index >= 15 is 0 Å². The number of benzene rings is 3. The summed E-state index contributed by atoms with van der Waals surface area (Å²) in [5.41, 5.74) is 5.06. The van der Waals surface area contributed by atoms with Crippen molar-refractivity contribution in [2.75, 3.05) is 0 Å². The van der Waals surface area contributed by atoms with Gasteiger partial charge in [-0.3, -0.25) is 4.98 Å². The number of rotatable bonds is 4. The van der Waals surface area contributed by atoms with Gasteiger partial charge >= 0.3 is 0 Å². The van der Waals surface area contributed by atoms with Crippen LogP contribution in [0.25, 0.3) is 51.5 Å². The van der Waals surface area contributed by atoms with E-state index in [-0.39, 0.29) is 16.0 Å². The topological polar surface area (TPSA) is 17.8 Å². The maximum atomic E-state index is 6.65. The molecule has 2 heterocycles. The van der Waals surface area contributed by atoms with Crippen LogP contribution in [-0.4, -0.2) is 9.55 Å². The first-order valence-corrected chi connectivity index (χ1v) is 19.8. The van der Waals surface area contributed by atoms with E-state index in [1.165, 1.54) is 19.3 Å². The zero-order valence-corrected chi connectivity index (χ0v) is 35.4. The van der Waals surface area contributed by atoms with Gasteiger partial charge in [0.2, 0.25) is 0 Å². The van der Waals surface area contributed by atoms with Crippen molar-refractivity contribution in [3.8, 4) is 5.69 Å². The smallest absolute Gasteiger partial charge is 0.0800 e. The van der Waals surface area contributed by atoms with Gasteiger partial charge in [0.05, 0.1) is 43.1 Å². The maximum absolute atomic E-state index is 6.65. The molecule has 6 rings (SSSR count). The largest absolute Gasteiger partial charge is 0.309 e. The first kappa shape index (κ1) is 44.6. The van der Waals surface area contributed by atoms with Crippen molar-refractivity contribution >= 4 is 92.3 Å². The van der Waals surface area contributed by atoms with Crippen LogP contribution in [0.5, 0.6) is 0 Å². The van der Waals surface area contributed by atoms with Crippen molar-refractivity contribution in [3.63, 3.8) is 0 Å². The fraction of sp³-hybridized carbons (Fsp3) is 0.283. The Hall–Kier alpha value is -3.53. The molecule has 2 aromatic heterocycles. The van der Waals surface area contributed by atoms with Crippen LogP contribution in [0.2, 0.25) is 20.1 Å². The Bertz CT molecular complexity index is 2080. The standard InChI is InChI=1S/C35H24Cl4N2.C5H12.3C2H6/c1-18-29(19(2)31-30(18)32(36)34(38)35(39)33(31)37)27-14-8-6-7-9-15-28(20(3)40-27)41-21(4)25-16-23-12-10-11-13-24(23)17-26(25)22(41)5;1-3-5-4-2;3*1-2/h6-17,29H,1-2,4-5H2,3H3;3-5H2,1-2H3;3*1-2H3. The molecule has 0 saturated heterocycles. The van der Waals surface area contributed by atoms with Crippen molar-refractivity contribution in [2.45, 2.75) is 87.5 Å². The number of hydrogen-bond donors (Lipinski definition) is 0. The number of unbranched alkanes of at least 4 members (excludes halogenated alkanes) is 2. The number of allylic oxidation sites excluding steroid dienone is 2. The lowest BCUT2D eigenvalue weighted by molar-refractivity contribution is 0.772. The number of halogens is 4. The van der Waals surface area contributed by atoms with Crippen LogP contribution in [0, 0.1) is 6.92 Å². The van der Waals surface area contributed by atoms with Crippen LogP contribution in [0.4, 0.5) is 0 Å². The Morgan fingerprint density at radius 2 is 1.00 bits per heavy atom. The second-order valence-electron chi connectivity index (χ2n) is 11.4. The molecule has 1 aliphatic rings.